The quantitative estimate of drug-likeness (QED) is 0.813. The number of nitrogens with zero attached hydrogens (tertiary/aromatic N) is 1. The molecule has 1 aromatic heterocycles. The third-order valence-electron chi connectivity index (χ3n) is 1.81. The Labute approximate surface area is 91.6 Å². The minimum absolute atomic E-state index is 0.195. The lowest BCUT2D eigenvalue weighted by Gasteiger charge is -2.05. The molecule has 0 amide bonds. The van der Waals surface area contributed by atoms with Gasteiger partial charge >= 0.3 is 0 Å². The predicted octanol–water partition coefficient (Wildman–Crippen LogP) is 0.470. The van der Waals surface area contributed by atoms with Gasteiger partial charge in [-0.2, -0.15) is 0 Å². The third kappa shape index (κ3) is 3.24. The lowest BCUT2D eigenvalue weighted by atomic mass is 10.5. The average Bonchev–Trinajstić information content (AvgIpc) is 2.53. The first kappa shape index (κ1) is 12.1. The fourth-order valence-corrected chi connectivity index (χ4v) is 1.64. The van der Waals surface area contributed by atoms with Crippen LogP contribution in [0.3, 0.4) is 0 Å². The van der Waals surface area contributed by atoms with E-state index in [0.717, 1.165) is 4.74 Å². The number of hydrogen-bond donors (Lipinski definition) is 1. The van der Waals surface area contributed by atoms with Crippen LogP contribution in [0.15, 0.2) is 15.4 Å². The van der Waals surface area contributed by atoms with E-state index in [1.165, 1.54) is 17.8 Å². The van der Waals surface area contributed by atoms with Gasteiger partial charge in [0.1, 0.15) is 5.76 Å². The summed E-state index contributed by atoms with van der Waals surface area (Å²) in [5.74, 6) is 0.286. The topological polar surface area (TPSA) is 78.2 Å². The number of thioether (sulfide) groups is 1. The van der Waals surface area contributed by atoms with Crippen LogP contribution in [0.1, 0.15) is 17.5 Å². The first-order chi connectivity index (χ1) is 7.04. The fourth-order valence-electron chi connectivity index (χ4n) is 0.962. The van der Waals surface area contributed by atoms with Gasteiger partial charge < -0.3 is 10.3 Å². The summed E-state index contributed by atoms with van der Waals surface area (Å²) in [4.78, 5) is 22.7. The van der Waals surface area contributed by atoms with Crippen LogP contribution >= 0.6 is 11.8 Å². The molecular formula is C9H14N2O3S. The Bertz CT molecular complexity index is 396. The molecule has 1 heterocycles. The molecule has 1 aromatic rings. The molecule has 6 heteroatoms. The van der Waals surface area contributed by atoms with Crippen LogP contribution in [0.5, 0.6) is 0 Å². The van der Waals surface area contributed by atoms with Crippen LogP contribution in [0.25, 0.3) is 0 Å². The molecule has 0 fully saturated rings. The summed E-state index contributed by atoms with van der Waals surface area (Å²) >= 11 is 1.40. The molecule has 0 aliphatic carbocycles. The lowest BCUT2D eigenvalue weighted by molar-refractivity contribution is 0.0813. The molecule has 0 spiro atoms. The van der Waals surface area contributed by atoms with E-state index in [1.54, 1.807) is 6.92 Å². The summed E-state index contributed by atoms with van der Waals surface area (Å²) in [6.07, 6.45) is 0. The van der Waals surface area contributed by atoms with Crippen molar-refractivity contribution >= 4 is 17.7 Å². The molecule has 15 heavy (non-hydrogen) atoms. The Morgan fingerprint density at radius 3 is 2.87 bits per heavy atom. The molecule has 0 bridgehead atoms. The van der Waals surface area contributed by atoms with Crippen molar-refractivity contribution in [1.29, 1.82) is 0 Å². The normalized spacial score (nSPS) is 12.7. The second-order valence-corrected chi connectivity index (χ2v) is 4.66. The maximum Gasteiger partial charge on any atom is 0.290 e. The summed E-state index contributed by atoms with van der Waals surface area (Å²) in [7, 11) is 0. The van der Waals surface area contributed by atoms with E-state index in [9.17, 15) is 9.59 Å². The first-order valence-electron chi connectivity index (χ1n) is 4.59. The number of aryl methyl sites for hydroxylation is 1. The largest absolute Gasteiger partial charge is 0.373 e. The highest BCUT2D eigenvalue weighted by Crippen LogP contribution is 2.09. The van der Waals surface area contributed by atoms with E-state index in [-0.39, 0.29) is 16.9 Å². The van der Waals surface area contributed by atoms with Crippen molar-refractivity contribution in [2.45, 2.75) is 19.1 Å². The van der Waals surface area contributed by atoms with Crippen LogP contribution in [-0.4, -0.2) is 28.2 Å². The third-order valence-corrected chi connectivity index (χ3v) is 2.99. The van der Waals surface area contributed by atoms with Gasteiger partial charge in [-0.25, -0.2) is 0 Å². The van der Waals surface area contributed by atoms with Crippen LogP contribution in [-0.2, 0) is 0 Å². The van der Waals surface area contributed by atoms with Crippen molar-refractivity contribution in [2.75, 3.05) is 12.3 Å². The van der Waals surface area contributed by atoms with E-state index in [0.29, 0.717) is 12.3 Å². The smallest absolute Gasteiger partial charge is 0.290 e. The van der Waals surface area contributed by atoms with E-state index in [2.05, 4.69) is 0 Å². The van der Waals surface area contributed by atoms with Gasteiger partial charge in [0.25, 0.3) is 11.5 Å². The number of aromatic nitrogens is 1. The van der Waals surface area contributed by atoms with Gasteiger partial charge in [-0.15, -0.1) is 16.5 Å². The number of carbonyl (C=O) groups excluding carboxylic acids is 1. The van der Waals surface area contributed by atoms with Gasteiger partial charge in [-0.05, 0) is 6.92 Å². The van der Waals surface area contributed by atoms with Gasteiger partial charge in [-0.3, -0.25) is 9.59 Å². The van der Waals surface area contributed by atoms with Crippen LogP contribution in [0, 0.1) is 6.92 Å². The highest BCUT2D eigenvalue weighted by molar-refractivity contribution is 8.00. The Kier molecular flexibility index (Phi) is 4.16. The second kappa shape index (κ2) is 5.18. The SMILES string of the molecule is Cc1cc(=O)n(C(=O)CSC(C)CN)o1. The van der Waals surface area contributed by atoms with Crippen molar-refractivity contribution < 1.29 is 9.32 Å². The van der Waals surface area contributed by atoms with Gasteiger partial charge in [0.2, 0.25) is 0 Å². The summed E-state index contributed by atoms with van der Waals surface area (Å²) in [5.41, 5.74) is 4.99. The number of nitrogens with two attached hydrogens (primary N) is 1. The molecule has 5 nitrogen and oxygen atoms in total. The molecule has 84 valence electrons. The van der Waals surface area contributed by atoms with E-state index in [4.69, 9.17) is 10.3 Å². The summed E-state index contributed by atoms with van der Waals surface area (Å²) < 4.78 is 5.74. The molecule has 0 saturated carbocycles. The highest BCUT2D eigenvalue weighted by atomic mass is 32.2. The number of carbonyl (C=O) groups is 1. The maximum absolute atomic E-state index is 11.5. The molecule has 1 rings (SSSR count). The second-order valence-electron chi connectivity index (χ2n) is 3.23. The molecule has 1 unspecified atom stereocenters. The number of hydrogen-bond acceptors (Lipinski definition) is 5. The minimum atomic E-state index is -0.418. The predicted molar refractivity (Wildman–Crippen MR) is 59.3 cm³/mol. The monoisotopic (exact) mass is 230 g/mol. The zero-order valence-corrected chi connectivity index (χ0v) is 9.54. The van der Waals surface area contributed by atoms with E-state index >= 15 is 0 Å². The van der Waals surface area contributed by atoms with Crippen molar-refractivity contribution in [3.63, 3.8) is 0 Å². The fraction of sp³-hybridized carbons (Fsp3) is 0.556. The Balaban J connectivity index is 2.62. The van der Waals surface area contributed by atoms with Crippen molar-refractivity contribution in [3.8, 4) is 0 Å². The van der Waals surface area contributed by atoms with Crippen molar-refractivity contribution in [2.24, 2.45) is 5.73 Å². The van der Waals surface area contributed by atoms with Gasteiger partial charge in [0.15, 0.2) is 0 Å². The minimum Gasteiger partial charge on any atom is -0.373 e. The maximum atomic E-state index is 11.5. The molecule has 1 atom stereocenters. The molecule has 0 radical (unpaired) electrons. The summed E-state index contributed by atoms with van der Waals surface area (Å²) in [6, 6.07) is 1.29. The lowest BCUT2D eigenvalue weighted by Crippen LogP contribution is -2.25. The molecule has 0 saturated heterocycles. The van der Waals surface area contributed by atoms with Crippen LogP contribution in [0.4, 0.5) is 0 Å². The average molecular weight is 230 g/mol. The number of rotatable bonds is 4. The van der Waals surface area contributed by atoms with Gasteiger partial charge in [-0.1, -0.05) is 6.92 Å². The molecular weight excluding hydrogens is 216 g/mol. The standard InChI is InChI=1S/C9H14N2O3S/c1-6-3-8(12)11(14-6)9(13)5-15-7(2)4-10/h3,7H,4-5,10H2,1-2H3. The van der Waals surface area contributed by atoms with Gasteiger partial charge in [0.05, 0.1) is 5.75 Å². The zero-order valence-electron chi connectivity index (χ0n) is 8.73. The molecule has 0 aliphatic heterocycles. The Morgan fingerprint density at radius 1 is 1.73 bits per heavy atom. The summed E-state index contributed by atoms with van der Waals surface area (Å²) in [5, 5.41) is 0.195. The Hall–Kier alpha value is -1.01. The van der Waals surface area contributed by atoms with E-state index < -0.39 is 5.56 Å². The van der Waals surface area contributed by atoms with Crippen LogP contribution in [0.2, 0.25) is 0 Å². The molecule has 0 aliphatic rings. The van der Waals surface area contributed by atoms with Crippen molar-refractivity contribution in [1.82, 2.24) is 4.74 Å². The van der Waals surface area contributed by atoms with Crippen molar-refractivity contribution in [3.05, 3.63) is 22.2 Å². The Morgan fingerprint density at radius 2 is 2.40 bits per heavy atom. The van der Waals surface area contributed by atoms with Gasteiger partial charge in [0, 0.05) is 17.9 Å². The summed E-state index contributed by atoms with van der Waals surface area (Å²) in [6.45, 7) is 4.05. The molecule has 2 N–H and O–H groups in total. The van der Waals surface area contributed by atoms with Crippen LogP contribution < -0.4 is 11.3 Å². The first-order valence-corrected chi connectivity index (χ1v) is 5.64. The van der Waals surface area contributed by atoms with E-state index in [1.807, 2.05) is 6.92 Å². The molecule has 0 aromatic carbocycles. The highest BCUT2D eigenvalue weighted by Gasteiger charge is 2.13. The zero-order chi connectivity index (χ0) is 11.4.